The van der Waals surface area contributed by atoms with Gasteiger partial charge in [0.2, 0.25) is 0 Å². The topological polar surface area (TPSA) is 21.8 Å². The molecule has 0 aliphatic carbocycles. The first kappa shape index (κ1) is 12.4. The summed E-state index contributed by atoms with van der Waals surface area (Å²) in [6, 6.07) is 6.42. The van der Waals surface area contributed by atoms with Crippen LogP contribution in [0.1, 0.15) is 31.9 Å². The Morgan fingerprint density at radius 3 is 2.71 bits per heavy atom. The van der Waals surface area contributed by atoms with Crippen LogP contribution in [0.4, 0.5) is 0 Å². The minimum Gasteiger partial charge on any atom is -0.494 e. The quantitative estimate of drug-likeness (QED) is 0.729. The molecule has 1 saturated heterocycles. The summed E-state index contributed by atoms with van der Waals surface area (Å²) in [5, 5.41) is 0. The lowest BCUT2D eigenvalue weighted by Crippen LogP contribution is -2.10. The molecule has 3 unspecified atom stereocenters. The Labute approximate surface area is 104 Å². The fourth-order valence-corrected chi connectivity index (χ4v) is 2.43. The van der Waals surface area contributed by atoms with Gasteiger partial charge in [0.15, 0.2) is 0 Å². The van der Waals surface area contributed by atoms with Crippen LogP contribution in [0.15, 0.2) is 18.2 Å². The van der Waals surface area contributed by atoms with Crippen molar-refractivity contribution >= 4 is 0 Å². The van der Waals surface area contributed by atoms with E-state index < -0.39 is 0 Å². The summed E-state index contributed by atoms with van der Waals surface area (Å²) in [6.07, 6.45) is 1.90. The second-order valence-electron chi connectivity index (χ2n) is 5.03. The van der Waals surface area contributed by atoms with Crippen molar-refractivity contribution in [3.8, 4) is 5.75 Å². The Hall–Kier alpha value is -1.02. The van der Waals surface area contributed by atoms with Crippen molar-refractivity contribution in [3.63, 3.8) is 0 Å². The zero-order valence-electron chi connectivity index (χ0n) is 11.2. The minimum absolute atomic E-state index is 0.435. The third-order valence-electron chi connectivity index (χ3n) is 3.38. The number of benzene rings is 1. The molecular weight excluding hydrogens is 212 g/mol. The van der Waals surface area contributed by atoms with Gasteiger partial charge in [0.1, 0.15) is 5.75 Å². The summed E-state index contributed by atoms with van der Waals surface area (Å²) in [5.41, 5.74) is 2.60. The zero-order valence-corrected chi connectivity index (χ0v) is 11.2. The van der Waals surface area contributed by atoms with Gasteiger partial charge in [-0.3, -0.25) is 0 Å². The van der Waals surface area contributed by atoms with Gasteiger partial charge in [0.05, 0.1) is 18.8 Å². The van der Waals surface area contributed by atoms with Crippen molar-refractivity contribution < 1.29 is 9.47 Å². The molecule has 2 nitrogen and oxygen atoms in total. The van der Waals surface area contributed by atoms with Gasteiger partial charge in [-0.15, -0.1) is 0 Å². The van der Waals surface area contributed by atoms with Gasteiger partial charge in [-0.25, -0.2) is 0 Å². The standard InChI is InChI=1S/C15H22O2/c1-5-16-14-7-6-10(2)8-13(14)9-11(3)15-12(4)17-15/h6-8,11-12,15H,5,9H2,1-4H3. The van der Waals surface area contributed by atoms with E-state index >= 15 is 0 Å². The van der Waals surface area contributed by atoms with E-state index in [9.17, 15) is 0 Å². The maximum Gasteiger partial charge on any atom is 0.122 e. The molecule has 2 heteroatoms. The number of aryl methyl sites for hydroxylation is 1. The average Bonchev–Trinajstić information content (AvgIpc) is 3.00. The fourth-order valence-electron chi connectivity index (χ4n) is 2.43. The Bertz CT molecular complexity index is 387. The summed E-state index contributed by atoms with van der Waals surface area (Å²) in [4.78, 5) is 0. The molecule has 1 aromatic rings. The largest absolute Gasteiger partial charge is 0.494 e. The summed E-state index contributed by atoms with van der Waals surface area (Å²) in [6.45, 7) is 9.27. The number of hydrogen-bond donors (Lipinski definition) is 0. The highest BCUT2D eigenvalue weighted by Gasteiger charge is 2.38. The van der Waals surface area contributed by atoms with Gasteiger partial charge in [-0.05, 0) is 44.7 Å². The van der Waals surface area contributed by atoms with E-state index in [1.807, 2.05) is 6.92 Å². The van der Waals surface area contributed by atoms with Crippen molar-refractivity contribution in [3.05, 3.63) is 29.3 Å². The summed E-state index contributed by atoms with van der Waals surface area (Å²) >= 11 is 0. The summed E-state index contributed by atoms with van der Waals surface area (Å²) < 4.78 is 11.2. The van der Waals surface area contributed by atoms with Crippen molar-refractivity contribution in [2.45, 2.75) is 46.3 Å². The SMILES string of the molecule is CCOc1ccc(C)cc1CC(C)C1OC1C. The third-order valence-corrected chi connectivity index (χ3v) is 3.38. The molecule has 2 rings (SSSR count). The monoisotopic (exact) mass is 234 g/mol. The third kappa shape index (κ3) is 3.01. The maximum atomic E-state index is 5.68. The second-order valence-corrected chi connectivity index (χ2v) is 5.03. The lowest BCUT2D eigenvalue weighted by atomic mass is 9.95. The summed E-state index contributed by atoms with van der Waals surface area (Å²) in [5.74, 6) is 1.59. The normalized spacial score (nSPS) is 24.5. The molecule has 0 spiro atoms. The molecular formula is C15H22O2. The van der Waals surface area contributed by atoms with Crippen LogP contribution >= 0.6 is 0 Å². The molecule has 1 heterocycles. The fraction of sp³-hybridized carbons (Fsp3) is 0.600. The molecule has 3 atom stereocenters. The maximum absolute atomic E-state index is 5.68. The Kier molecular flexibility index (Phi) is 3.72. The van der Waals surface area contributed by atoms with Crippen molar-refractivity contribution in [2.24, 2.45) is 5.92 Å². The van der Waals surface area contributed by atoms with E-state index in [0.717, 1.165) is 18.8 Å². The van der Waals surface area contributed by atoms with E-state index in [1.165, 1.54) is 11.1 Å². The van der Waals surface area contributed by atoms with Gasteiger partial charge in [0, 0.05) is 0 Å². The average molecular weight is 234 g/mol. The van der Waals surface area contributed by atoms with Crippen molar-refractivity contribution in [2.75, 3.05) is 6.61 Å². The molecule has 0 amide bonds. The van der Waals surface area contributed by atoms with Gasteiger partial charge >= 0.3 is 0 Å². The van der Waals surface area contributed by atoms with Crippen LogP contribution in [0, 0.1) is 12.8 Å². The first-order chi connectivity index (χ1) is 8.11. The second kappa shape index (κ2) is 5.09. The van der Waals surface area contributed by atoms with Gasteiger partial charge in [-0.1, -0.05) is 24.6 Å². The molecule has 1 aliphatic heterocycles. The highest BCUT2D eigenvalue weighted by atomic mass is 16.6. The van der Waals surface area contributed by atoms with E-state index in [-0.39, 0.29) is 0 Å². The molecule has 17 heavy (non-hydrogen) atoms. The highest BCUT2D eigenvalue weighted by molar-refractivity contribution is 5.37. The Balaban J connectivity index is 2.09. The predicted octanol–water partition coefficient (Wildman–Crippen LogP) is 3.36. The molecule has 0 bridgehead atoms. The van der Waals surface area contributed by atoms with Gasteiger partial charge < -0.3 is 9.47 Å². The molecule has 0 saturated carbocycles. The lowest BCUT2D eigenvalue weighted by molar-refractivity contribution is 0.317. The predicted molar refractivity (Wildman–Crippen MR) is 69.6 cm³/mol. The molecule has 94 valence electrons. The van der Waals surface area contributed by atoms with Crippen LogP contribution in [0.2, 0.25) is 0 Å². The van der Waals surface area contributed by atoms with Crippen molar-refractivity contribution in [1.82, 2.24) is 0 Å². The van der Waals surface area contributed by atoms with E-state index in [1.54, 1.807) is 0 Å². The van der Waals surface area contributed by atoms with Crippen LogP contribution < -0.4 is 4.74 Å². The van der Waals surface area contributed by atoms with Gasteiger partial charge in [-0.2, -0.15) is 0 Å². The Morgan fingerprint density at radius 2 is 2.12 bits per heavy atom. The molecule has 1 aromatic carbocycles. The van der Waals surface area contributed by atoms with Crippen molar-refractivity contribution in [1.29, 1.82) is 0 Å². The zero-order chi connectivity index (χ0) is 12.4. The van der Waals surface area contributed by atoms with Crippen LogP contribution in [0.25, 0.3) is 0 Å². The summed E-state index contributed by atoms with van der Waals surface area (Å²) in [7, 11) is 0. The first-order valence-corrected chi connectivity index (χ1v) is 6.49. The number of ether oxygens (including phenoxy) is 2. The van der Waals surface area contributed by atoms with Crippen LogP contribution in [-0.4, -0.2) is 18.8 Å². The molecule has 0 N–H and O–H groups in total. The first-order valence-electron chi connectivity index (χ1n) is 6.49. The molecule has 1 fully saturated rings. The minimum atomic E-state index is 0.435. The van der Waals surface area contributed by atoms with E-state index in [4.69, 9.17) is 9.47 Å². The smallest absolute Gasteiger partial charge is 0.122 e. The van der Waals surface area contributed by atoms with Gasteiger partial charge in [0.25, 0.3) is 0 Å². The van der Waals surface area contributed by atoms with E-state index in [0.29, 0.717) is 18.1 Å². The van der Waals surface area contributed by atoms with Crippen LogP contribution in [0.5, 0.6) is 5.75 Å². The Morgan fingerprint density at radius 1 is 1.41 bits per heavy atom. The number of hydrogen-bond acceptors (Lipinski definition) is 2. The van der Waals surface area contributed by atoms with E-state index in [2.05, 4.69) is 39.0 Å². The lowest BCUT2D eigenvalue weighted by Gasteiger charge is -2.14. The van der Waals surface area contributed by atoms with Crippen LogP contribution in [0.3, 0.4) is 0 Å². The number of epoxide rings is 1. The molecule has 0 aromatic heterocycles. The molecule has 1 aliphatic rings. The van der Waals surface area contributed by atoms with Crippen LogP contribution in [-0.2, 0) is 11.2 Å². The number of rotatable bonds is 5. The molecule has 0 radical (unpaired) electrons. The highest BCUT2D eigenvalue weighted by Crippen LogP contribution is 2.33.